The molecule has 0 N–H and O–H groups in total. The predicted molar refractivity (Wildman–Crippen MR) is 77.8 cm³/mol. The van der Waals surface area contributed by atoms with Crippen LogP contribution in [0, 0.1) is 11.7 Å². The van der Waals surface area contributed by atoms with Crippen LogP contribution in [0.1, 0.15) is 42.5 Å². The van der Waals surface area contributed by atoms with E-state index in [9.17, 15) is 14.0 Å². The van der Waals surface area contributed by atoms with Crippen molar-refractivity contribution < 1.29 is 14.0 Å². The van der Waals surface area contributed by atoms with Gasteiger partial charge in [-0.2, -0.15) is 0 Å². The molecule has 1 heterocycles. The van der Waals surface area contributed by atoms with E-state index in [-0.39, 0.29) is 34.2 Å². The molecule has 5 heteroatoms. The van der Waals surface area contributed by atoms with Crippen LogP contribution in [-0.4, -0.2) is 29.2 Å². The Bertz CT molecular complexity index is 590. The first kappa shape index (κ1) is 14.5. The van der Waals surface area contributed by atoms with Gasteiger partial charge in [0.15, 0.2) is 0 Å². The number of carbonyl (C=O) groups excluding carboxylic acids is 2. The molecule has 112 valence electrons. The molecule has 1 aliphatic carbocycles. The van der Waals surface area contributed by atoms with Crippen LogP contribution in [0.15, 0.2) is 18.2 Å². The molecule has 21 heavy (non-hydrogen) atoms. The lowest BCUT2D eigenvalue weighted by molar-refractivity contribution is -0.121. The summed E-state index contributed by atoms with van der Waals surface area (Å²) in [6, 6.07) is 4.22. The molecular weight excluding hydrogens is 293 g/mol. The highest BCUT2D eigenvalue weighted by Gasteiger charge is 2.40. The number of carbonyl (C=O) groups is 2. The van der Waals surface area contributed by atoms with E-state index in [0.717, 1.165) is 25.7 Å². The van der Waals surface area contributed by atoms with Crippen LogP contribution in [0.4, 0.5) is 4.39 Å². The standard InChI is InChI=1S/C16H17ClFNO2/c17-15-11(5-1-6-12(15)18)16(21)19-9-3-7-13(19)10-4-2-8-14(10)20/h1,5-6,10,13H,2-4,7-9H2. The molecule has 2 atom stereocenters. The van der Waals surface area contributed by atoms with Gasteiger partial charge in [0, 0.05) is 24.9 Å². The maximum Gasteiger partial charge on any atom is 0.255 e. The highest BCUT2D eigenvalue weighted by Crippen LogP contribution is 2.35. The van der Waals surface area contributed by atoms with Gasteiger partial charge in [0.25, 0.3) is 5.91 Å². The second-order valence-corrected chi connectivity index (χ2v) is 6.15. The zero-order chi connectivity index (χ0) is 15.0. The number of halogens is 2. The fraction of sp³-hybridized carbons (Fsp3) is 0.500. The Kier molecular flexibility index (Phi) is 3.98. The van der Waals surface area contributed by atoms with Crippen molar-refractivity contribution in [2.45, 2.75) is 38.1 Å². The highest BCUT2D eigenvalue weighted by atomic mass is 35.5. The van der Waals surface area contributed by atoms with Gasteiger partial charge in [-0.15, -0.1) is 0 Å². The number of hydrogen-bond acceptors (Lipinski definition) is 2. The minimum Gasteiger partial charge on any atom is -0.335 e. The van der Waals surface area contributed by atoms with Gasteiger partial charge in [-0.1, -0.05) is 17.7 Å². The van der Waals surface area contributed by atoms with Crippen LogP contribution in [0.2, 0.25) is 5.02 Å². The maximum absolute atomic E-state index is 13.5. The first-order valence-electron chi connectivity index (χ1n) is 7.37. The maximum atomic E-state index is 13.5. The molecule has 2 unspecified atom stereocenters. The fourth-order valence-corrected chi connectivity index (χ4v) is 3.74. The third-order valence-corrected chi connectivity index (χ3v) is 4.94. The number of ketones is 1. The molecule has 1 saturated carbocycles. The van der Waals surface area contributed by atoms with Crippen molar-refractivity contribution in [3.63, 3.8) is 0 Å². The molecule has 1 aromatic rings. The summed E-state index contributed by atoms with van der Waals surface area (Å²) in [5.74, 6) is -0.647. The lowest BCUT2D eigenvalue weighted by atomic mass is 9.94. The van der Waals surface area contributed by atoms with E-state index in [1.807, 2.05) is 0 Å². The van der Waals surface area contributed by atoms with Crippen LogP contribution in [0.25, 0.3) is 0 Å². The molecule has 1 saturated heterocycles. The normalized spacial score (nSPS) is 25.6. The van der Waals surface area contributed by atoms with Crippen molar-refractivity contribution in [2.24, 2.45) is 5.92 Å². The molecule has 1 aromatic carbocycles. The van der Waals surface area contributed by atoms with E-state index in [1.165, 1.54) is 12.1 Å². The fourth-order valence-electron chi connectivity index (χ4n) is 3.54. The summed E-state index contributed by atoms with van der Waals surface area (Å²) in [6.45, 7) is 0.611. The third-order valence-electron chi connectivity index (χ3n) is 4.56. The first-order chi connectivity index (χ1) is 10.1. The number of benzene rings is 1. The molecule has 0 bridgehead atoms. The van der Waals surface area contributed by atoms with Crippen LogP contribution >= 0.6 is 11.6 Å². The summed E-state index contributed by atoms with van der Waals surface area (Å²) in [7, 11) is 0. The summed E-state index contributed by atoms with van der Waals surface area (Å²) in [6.07, 6.45) is 4.10. The Morgan fingerprint density at radius 1 is 1.29 bits per heavy atom. The molecule has 0 aromatic heterocycles. The van der Waals surface area contributed by atoms with E-state index >= 15 is 0 Å². The Morgan fingerprint density at radius 2 is 2.10 bits per heavy atom. The average molecular weight is 310 g/mol. The van der Waals surface area contributed by atoms with Crippen molar-refractivity contribution in [3.8, 4) is 0 Å². The predicted octanol–water partition coefficient (Wildman–Crippen LogP) is 3.45. The summed E-state index contributed by atoms with van der Waals surface area (Å²) >= 11 is 5.91. The monoisotopic (exact) mass is 309 g/mol. The zero-order valence-corrected chi connectivity index (χ0v) is 12.4. The lowest BCUT2D eigenvalue weighted by Gasteiger charge is -2.29. The Hall–Kier alpha value is -1.42. The minimum absolute atomic E-state index is 0.0492. The van der Waals surface area contributed by atoms with Crippen molar-refractivity contribution in [1.82, 2.24) is 4.90 Å². The lowest BCUT2D eigenvalue weighted by Crippen LogP contribution is -2.41. The van der Waals surface area contributed by atoms with E-state index in [1.54, 1.807) is 11.0 Å². The second kappa shape index (κ2) is 5.76. The van der Waals surface area contributed by atoms with Crippen molar-refractivity contribution in [3.05, 3.63) is 34.6 Å². The smallest absolute Gasteiger partial charge is 0.255 e. The number of nitrogens with zero attached hydrogens (tertiary/aromatic N) is 1. The number of amides is 1. The van der Waals surface area contributed by atoms with E-state index < -0.39 is 5.82 Å². The highest BCUT2D eigenvalue weighted by molar-refractivity contribution is 6.34. The van der Waals surface area contributed by atoms with Gasteiger partial charge in [-0.3, -0.25) is 9.59 Å². The zero-order valence-electron chi connectivity index (χ0n) is 11.6. The van der Waals surface area contributed by atoms with Crippen LogP contribution in [-0.2, 0) is 4.79 Å². The van der Waals surface area contributed by atoms with E-state index in [2.05, 4.69) is 0 Å². The topological polar surface area (TPSA) is 37.4 Å². The molecule has 0 spiro atoms. The van der Waals surface area contributed by atoms with Crippen LogP contribution < -0.4 is 0 Å². The van der Waals surface area contributed by atoms with Crippen molar-refractivity contribution in [2.75, 3.05) is 6.54 Å². The molecule has 3 rings (SSSR count). The molecular formula is C16H17ClFNO2. The number of hydrogen-bond donors (Lipinski definition) is 0. The first-order valence-corrected chi connectivity index (χ1v) is 7.75. The van der Waals surface area contributed by atoms with Gasteiger partial charge in [-0.05, 0) is 37.8 Å². The van der Waals surface area contributed by atoms with E-state index in [0.29, 0.717) is 13.0 Å². The third kappa shape index (κ3) is 2.57. The van der Waals surface area contributed by atoms with Crippen molar-refractivity contribution >= 4 is 23.3 Å². The van der Waals surface area contributed by atoms with E-state index in [4.69, 9.17) is 11.6 Å². The molecule has 1 aliphatic heterocycles. The van der Waals surface area contributed by atoms with Crippen molar-refractivity contribution in [1.29, 1.82) is 0 Å². The number of rotatable bonds is 2. The summed E-state index contributed by atoms with van der Waals surface area (Å²) in [5.41, 5.74) is 0.189. The second-order valence-electron chi connectivity index (χ2n) is 5.77. The van der Waals surface area contributed by atoms with Gasteiger partial charge in [0.05, 0.1) is 10.6 Å². The summed E-state index contributed by atoms with van der Waals surface area (Å²) in [4.78, 5) is 26.3. The quantitative estimate of drug-likeness (QED) is 0.839. The van der Waals surface area contributed by atoms with Gasteiger partial charge in [0.2, 0.25) is 0 Å². The average Bonchev–Trinajstić information content (AvgIpc) is 3.09. The Balaban J connectivity index is 1.86. The summed E-state index contributed by atoms with van der Waals surface area (Å²) in [5, 5.41) is -0.133. The summed E-state index contributed by atoms with van der Waals surface area (Å²) < 4.78 is 13.5. The van der Waals surface area contributed by atoms with Gasteiger partial charge < -0.3 is 4.90 Å². The van der Waals surface area contributed by atoms with Crippen LogP contribution in [0.5, 0.6) is 0 Å². The number of Topliss-reactive ketones (excluding diaryl/α,β-unsaturated/α-hetero) is 1. The SMILES string of the molecule is O=C1CCCC1C1CCCN1C(=O)c1cccc(F)c1Cl. The minimum atomic E-state index is -0.588. The Morgan fingerprint density at radius 3 is 2.81 bits per heavy atom. The molecule has 3 nitrogen and oxygen atoms in total. The number of likely N-dealkylation sites (tertiary alicyclic amines) is 1. The Labute approximate surface area is 128 Å². The molecule has 2 aliphatic rings. The molecule has 0 radical (unpaired) electrons. The van der Waals surface area contributed by atoms with Gasteiger partial charge >= 0.3 is 0 Å². The van der Waals surface area contributed by atoms with Gasteiger partial charge in [-0.25, -0.2) is 4.39 Å². The van der Waals surface area contributed by atoms with Crippen LogP contribution in [0.3, 0.4) is 0 Å². The molecule has 1 amide bonds. The van der Waals surface area contributed by atoms with Gasteiger partial charge in [0.1, 0.15) is 11.6 Å². The molecule has 2 fully saturated rings. The largest absolute Gasteiger partial charge is 0.335 e.